The highest BCUT2D eigenvalue weighted by atomic mass is 35.5. The summed E-state index contributed by atoms with van der Waals surface area (Å²) >= 11 is 0. The smallest absolute Gasteiger partial charge is 0.229 e. The van der Waals surface area contributed by atoms with Crippen LogP contribution in [0.3, 0.4) is 0 Å². The fourth-order valence-corrected chi connectivity index (χ4v) is 5.11. The van der Waals surface area contributed by atoms with E-state index in [4.69, 9.17) is 14.7 Å². The predicted molar refractivity (Wildman–Crippen MR) is 132 cm³/mol. The molecule has 2 heterocycles. The van der Waals surface area contributed by atoms with Gasteiger partial charge in [-0.05, 0) is 36.2 Å². The molecule has 2 aliphatic rings. The van der Waals surface area contributed by atoms with Crippen molar-refractivity contribution in [3.8, 4) is 17.6 Å². The van der Waals surface area contributed by atoms with Crippen molar-refractivity contribution in [2.24, 2.45) is 0 Å². The van der Waals surface area contributed by atoms with Crippen molar-refractivity contribution in [2.75, 3.05) is 37.7 Å². The molecule has 2 aromatic carbocycles. The van der Waals surface area contributed by atoms with Crippen LogP contribution in [-0.4, -0.2) is 57.7 Å². The molecule has 1 spiro atoms. The molecule has 10 heteroatoms. The first-order valence-corrected chi connectivity index (χ1v) is 12.7. The molecule has 1 N–H and O–H groups in total. The lowest BCUT2D eigenvalue weighted by atomic mass is 9.82. The summed E-state index contributed by atoms with van der Waals surface area (Å²) < 4.78 is 37.5. The Morgan fingerprint density at radius 3 is 2.44 bits per heavy atom. The molecule has 0 aromatic heterocycles. The van der Waals surface area contributed by atoms with Crippen LogP contribution in [0.2, 0.25) is 0 Å². The molecule has 0 aliphatic carbocycles. The summed E-state index contributed by atoms with van der Waals surface area (Å²) in [7, 11) is -2.11. The number of carbonyl (C=O) groups is 1. The first kappa shape index (κ1) is 25.8. The Kier molecular flexibility index (Phi) is 7.76. The number of carbonyl (C=O) groups excluding carboxylic acids is 1. The number of nitriles is 1. The van der Waals surface area contributed by atoms with Crippen LogP contribution in [0.5, 0.6) is 11.5 Å². The largest absolute Gasteiger partial charge is 0.494 e. The van der Waals surface area contributed by atoms with Crippen LogP contribution in [0.1, 0.15) is 40.7 Å². The zero-order valence-electron chi connectivity index (χ0n) is 19.2. The SMILES string of the molecule is COc1c(NS(C)(=O)=O)ccc2c1C(=O)CC1(CCN(CCc3ccc(C#N)cc3)CC1)O2.Cl. The number of nitrogens with one attached hydrogen (secondary N) is 1. The minimum atomic E-state index is -3.52. The maximum atomic E-state index is 13.1. The van der Waals surface area contributed by atoms with E-state index in [0.717, 1.165) is 45.2 Å². The van der Waals surface area contributed by atoms with Gasteiger partial charge in [-0.2, -0.15) is 5.26 Å². The molecule has 8 nitrogen and oxygen atoms in total. The molecule has 182 valence electrons. The van der Waals surface area contributed by atoms with Crippen molar-refractivity contribution in [3.63, 3.8) is 0 Å². The van der Waals surface area contributed by atoms with Gasteiger partial charge in [-0.15, -0.1) is 12.4 Å². The normalized spacial score (nSPS) is 17.1. The Morgan fingerprint density at radius 1 is 1.18 bits per heavy atom. The maximum Gasteiger partial charge on any atom is 0.229 e. The Bertz CT molecular complexity index is 1200. The van der Waals surface area contributed by atoms with Crippen molar-refractivity contribution in [3.05, 3.63) is 53.1 Å². The molecule has 34 heavy (non-hydrogen) atoms. The van der Waals surface area contributed by atoms with Gasteiger partial charge in [-0.3, -0.25) is 9.52 Å². The summed E-state index contributed by atoms with van der Waals surface area (Å²) in [6.45, 7) is 2.55. The lowest BCUT2D eigenvalue weighted by Gasteiger charge is -2.44. The monoisotopic (exact) mass is 505 g/mol. The first-order valence-electron chi connectivity index (χ1n) is 10.8. The molecular weight excluding hydrogens is 478 g/mol. The molecule has 1 saturated heterocycles. The average molecular weight is 506 g/mol. The minimum absolute atomic E-state index is 0. The number of hydrogen-bond donors (Lipinski definition) is 1. The Morgan fingerprint density at radius 2 is 1.85 bits per heavy atom. The number of anilines is 1. The second-order valence-electron chi connectivity index (χ2n) is 8.68. The van der Waals surface area contributed by atoms with Gasteiger partial charge in [0.2, 0.25) is 10.0 Å². The summed E-state index contributed by atoms with van der Waals surface area (Å²) in [6.07, 6.45) is 3.65. The van der Waals surface area contributed by atoms with Gasteiger partial charge in [0.15, 0.2) is 11.5 Å². The second kappa shape index (κ2) is 10.2. The van der Waals surface area contributed by atoms with E-state index >= 15 is 0 Å². The number of Topliss-reactive ketones (excluding diaryl/α,β-unsaturated/α-hetero) is 1. The van der Waals surface area contributed by atoms with Crippen molar-refractivity contribution < 1.29 is 22.7 Å². The summed E-state index contributed by atoms with van der Waals surface area (Å²) in [5.74, 6) is 0.530. The Hall–Kier alpha value is -2.80. The number of ketones is 1. The Balaban J connectivity index is 0.00000324. The van der Waals surface area contributed by atoms with Gasteiger partial charge in [-0.25, -0.2) is 8.42 Å². The third kappa shape index (κ3) is 5.63. The molecule has 0 radical (unpaired) electrons. The number of halogens is 1. The second-order valence-corrected chi connectivity index (χ2v) is 10.4. The zero-order valence-corrected chi connectivity index (χ0v) is 20.8. The molecular formula is C24H28ClN3O5S. The van der Waals surface area contributed by atoms with Crippen LogP contribution in [0, 0.1) is 11.3 Å². The molecule has 4 rings (SSSR count). The van der Waals surface area contributed by atoms with Gasteiger partial charge in [0.1, 0.15) is 16.9 Å². The molecule has 2 aliphatic heterocycles. The molecule has 0 atom stereocenters. The van der Waals surface area contributed by atoms with Gasteiger partial charge in [0, 0.05) is 32.5 Å². The molecule has 0 unspecified atom stereocenters. The highest BCUT2D eigenvalue weighted by Gasteiger charge is 2.44. The molecule has 0 bridgehead atoms. The van der Waals surface area contributed by atoms with Crippen LogP contribution in [0.25, 0.3) is 0 Å². The zero-order chi connectivity index (χ0) is 23.6. The predicted octanol–water partition coefficient (Wildman–Crippen LogP) is 3.40. The van der Waals surface area contributed by atoms with E-state index < -0.39 is 15.6 Å². The number of fused-ring (bicyclic) bond motifs is 1. The van der Waals surface area contributed by atoms with Crippen molar-refractivity contribution >= 4 is 33.9 Å². The molecule has 0 amide bonds. The number of nitrogens with zero attached hydrogens (tertiary/aromatic N) is 2. The highest BCUT2D eigenvalue weighted by molar-refractivity contribution is 7.92. The maximum absolute atomic E-state index is 13.1. The third-order valence-corrected chi connectivity index (χ3v) is 6.86. The number of benzene rings is 2. The molecule has 2 aromatic rings. The lowest BCUT2D eigenvalue weighted by molar-refractivity contribution is -0.00895. The number of sulfonamides is 1. The van der Waals surface area contributed by atoms with E-state index in [1.807, 2.05) is 24.3 Å². The van der Waals surface area contributed by atoms with Crippen LogP contribution in [-0.2, 0) is 16.4 Å². The van der Waals surface area contributed by atoms with E-state index in [0.29, 0.717) is 16.9 Å². The summed E-state index contributed by atoms with van der Waals surface area (Å²) in [4.78, 5) is 15.5. The minimum Gasteiger partial charge on any atom is -0.494 e. The van der Waals surface area contributed by atoms with E-state index in [-0.39, 0.29) is 36.0 Å². The standard InChI is InChI=1S/C24H27N3O5S.ClH/c1-31-23-19(26-33(2,29)30)7-8-21-22(23)20(28)15-24(32-21)10-13-27(14-11-24)12-9-17-3-5-18(16-25)6-4-17;/h3-8,26H,9-15H2,1-2H3;1H. The summed E-state index contributed by atoms with van der Waals surface area (Å²) in [5, 5.41) is 8.92. The lowest BCUT2D eigenvalue weighted by Crippen LogP contribution is -2.51. The first-order chi connectivity index (χ1) is 15.7. The van der Waals surface area contributed by atoms with Crippen LogP contribution in [0.15, 0.2) is 36.4 Å². The number of ether oxygens (including phenoxy) is 2. The third-order valence-electron chi connectivity index (χ3n) is 6.27. The fraction of sp³-hybridized carbons (Fsp3) is 0.417. The van der Waals surface area contributed by atoms with E-state index in [2.05, 4.69) is 15.7 Å². The highest BCUT2D eigenvalue weighted by Crippen LogP contribution is 2.45. The van der Waals surface area contributed by atoms with Crippen molar-refractivity contribution in [1.29, 1.82) is 5.26 Å². The van der Waals surface area contributed by atoms with Gasteiger partial charge in [0.05, 0.1) is 37.1 Å². The topological polar surface area (TPSA) is 109 Å². The number of hydrogen-bond acceptors (Lipinski definition) is 7. The van der Waals surface area contributed by atoms with Gasteiger partial charge < -0.3 is 14.4 Å². The van der Waals surface area contributed by atoms with Gasteiger partial charge in [0.25, 0.3) is 0 Å². The van der Waals surface area contributed by atoms with Crippen LogP contribution >= 0.6 is 12.4 Å². The quantitative estimate of drug-likeness (QED) is 0.640. The summed E-state index contributed by atoms with van der Waals surface area (Å²) in [6, 6.07) is 13.0. The van der Waals surface area contributed by atoms with Crippen molar-refractivity contribution in [1.82, 2.24) is 4.90 Å². The van der Waals surface area contributed by atoms with Crippen LogP contribution < -0.4 is 14.2 Å². The molecule has 0 saturated carbocycles. The number of methoxy groups -OCH3 is 1. The Labute approximate surface area is 206 Å². The van der Waals surface area contributed by atoms with Crippen LogP contribution in [0.4, 0.5) is 5.69 Å². The van der Waals surface area contributed by atoms with E-state index in [1.54, 1.807) is 12.1 Å². The van der Waals surface area contributed by atoms with Gasteiger partial charge in [-0.1, -0.05) is 12.1 Å². The van der Waals surface area contributed by atoms with Gasteiger partial charge >= 0.3 is 0 Å². The van der Waals surface area contributed by atoms with E-state index in [9.17, 15) is 13.2 Å². The number of rotatable bonds is 6. The molecule has 1 fully saturated rings. The summed E-state index contributed by atoms with van der Waals surface area (Å²) in [5.41, 5.74) is 1.82. The van der Waals surface area contributed by atoms with E-state index in [1.165, 1.54) is 12.7 Å². The number of likely N-dealkylation sites (tertiary alicyclic amines) is 1. The average Bonchev–Trinajstić information content (AvgIpc) is 2.78. The number of piperidine rings is 1. The van der Waals surface area contributed by atoms with Crippen molar-refractivity contribution in [2.45, 2.75) is 31.3 Å². The fourth-order valence-electron chi connectivity index (χ4n) is 4.55.